The van der Waals surface area contributed by atoms with Gasteiger partial charge in [-0.1, -0.05) is 5.16 Å². The van der Waals surface area contributed by atoms with Crippen LogP contribution in [0.5, 0.6) is 0 Å². The molecule has 2 aromatic rings. The summed E-state index contributed by atoms with van der Waals surface area (Å²) >= 11 is 0. The van der Waals surface area contributed by atoms with Crippen LogP contribution in [-0.4, -0.2) is 53.5 Å². The van der Waals surface area contributed by atoms with Gasteiger partial charge in [-0.3, -0.25) is 4.79 Å². The van der Waals surface area contributed by atoms with Gasteiger partial charge in [0, 0.05) is 24.7 Å². The summed E-state index contributed by atoms with van der Waals surface area (Å²) in [5, 5.41) is 6.35. The Bertz CT molecular complexity index is 924. The maximum atomic E-state index is 12.5. The van der Waals surface area contributed by atoms with Crippen molar-refractivity contribution in [3.05, 3.63) is 29.4 Å². The van der Waals surface area contributed by atoms with E-state index in [1.807, 2.05) is 11.8 Å². The molecule has 9 nitrogen and oxygen atoms in total. The Labute approximate surface area is 151 Å². The highest BCUT2D eigenvalue weighted by Crippen LogP contribution is 2.23. The van der Waals surface area contributed by atoms with Gasteiger partial charge in [0.05, 0.1) is 11.5 Å². The van der Waals surface area contributed by atoms with Crippen molar-refractivity contribution in [2.75, 3.05) is 28.3 Å². The zero-order valence-electron chi connectivity index (χ0n) is 14.9. The van der Waals surface area contributed by atoms with E-state index in [0.717, 1.165) is 0 Å². The third-order valence-electron chi connectivity index (χ3n) is 4.21. The molecule has 0 aliphatic carbocycles. The van der Waals surface area contributed by atoms with Crippen LogP contribution < -0.4 is 10.2 Å². The lowest BCUT2D eigenvalue weighted by molar-refractivity contribution is 0.102. The molecule has 1 fully saturated rings. The van der Waals surface area contributed by atoms with Crippen LogP contribution in [-0.2, 0) is 9.84 Å². The first-order valence-corrected chi connectivity index (χ1v) is 10.2. The lowest BCUT2D eigenvalue weighted by Gasteiger charge is -2.28. The molecule has 1 amide bonds. The standard InChI is InChI=1S/C16H21N5O4S/c1-4-21(12-5-6-26(23,24)9-12)15-8-13(17-11(3)18-15)16(22)19-14-7-10(2)25-20-14/h7-8,12H,4-6,9H2,1-3H3,(H,19,20,22). The summed E-state index contributed by atoms with van der Waals surface area (Å²) in [4.78, 5) is 23.0. The summed E-state index contributed by atoms with van der Waals surface area (Å²) < 4.78 is 28.5. The van der Waals surface area contributed by atoms with Crippen molar-refractivity contribution in [3.8, 4) is 0 Å². The molecule has 0 aromatic carbocycles. The number of hydrogen-bond donors (Lipinski definition) is 1. The molecule has 10 heteroatoms. The van der Waals surface area contributed by atoms with Gasteiger partial charge >= 0.3 is 0 Å². The van der Waals surface area contributed by atoms with Crippen LogP contribution in [0.15, 0.2) is 16.7 Å². The molecule has 1 saturated heterocycles. The van der Waals surface area contributed by atoms with E-state index in [1.54, 1.807) is 26.0 Å². The van der Waals surface area contributed by atoms with Gasteiger partial charge in [0.2, 0.25) is 0 Å². The number of aryl methyl sites for hydroxylation is 2. The van der Waals surface area contributed by atoms with Gasteiger partial charge in [-0.2, -0.15) is 0 Å². The summed E-state index contributed by atoms with van der Waals surface area (Å²) in [6.07, 6.45) is 0.555. The molecular formula is C16H21N5O4S. The van der Waals surface area contributed by atoms with Crippen LogP contribution in [0, 0.1) is 13.8 Å². The fraction of sp³-hybridized carbons (Fsp3) is 0.500. The average Bonchev–Trinajstić information content (AvgIpc) is 3.13. The maximum Gasteiger partial charge on any atom is 0.275 e. The van der Waals surface area contributed by atoms with Crippen molar-refractivity contribution >= 4 is 27.4 Å². The number of anilines is 2. The summed E-state index contributed by atoms with van der Waals surface area (Å²) in [7, 11) is -3.02. The minimum atomic E-state index is -3.02. The average molecular weight is 379 g/mol. The summed E-state index contributed by atoms with van der Waals surface area (Å²) in [6, 6.07) is 3.03. The Morgan fingerprint density at radius 2 is 2.12 bits per heavy atom. The predicted octanol–water partition coefficient (Wildman–Crippen LogP) is 1.35. The van der Waals surface area contributed by atoms with Gasteiger partial charge in [0.25, 0.3) is 5.91 Å². The highest BCUT2D eigenvalue weighted by molar-refractivity contribution is 7.91. The second-order valence-electron chi connectivity index (χ2n) is 6.28. The lowest BCUT2D eigenvalue weighted by Crippen LogP contribution is -2.37. The van der Waals surface area contributed by atoms with Crippen molar-refractivity contribution in [3.63, 3.8) is 0 Å². The minimum Gasteiger partial charge on any atom is -0.360 e. The number of sulfone groups is 1. The lowest BCUT2D eigenvalue weighted by atomic mass is 10.2. The number of carbonyl (C=O) groups excluding carboxylic acids is 1. The molecule has 26 heavy (non-hydrogen) atoms. The number of rotatable bonds is 5. The maximum absolute atomic E-state index is 12.5. The van der Waals surface area contributed by atoms with Gasteiger partial charge < -0.3 is 14.7 Å². The molecule has 140 valence electrons. The first-order valence-electron chi connectivity index (χ1n) is 8.35. The van der Waals surface area contributed by atoms with E-state index in [-0.39, 0.29) is 23.2 Å². The molecule has 1 N–H and O–H groups in total. The van der Waals surface area contributed by atoms with E-state index in [0.29, 0.717) is 36.2 Å². The topological polar surface area (TPSA) is 118 Å². The van der Waals surface area contributed by atoms with E-state index < -0.39 is 15.7 Å². The monoisotopic (exact) mass is 379 g/mol. The second-order valence-corrected chi connectivity index (χ2v) is 8.51. The van der Waals surface area contributed by atoms with Gasteiger partial charge in [0.15, 0.2) is 15.7 Å². The quantitative estimate of drug-likeness (QED) is 0.827. The zero-order valence-corrected chi connectivity index (χ0v) is 15.7. The summed E-state index contributed by atoms with van der Waals surface area (Å²) in [6.45, 7) is 5.94. The zero-order chi connectivity index (χ0) is 18.9. The number of nitrogens with one attached hydrogen (secondary N) is 1. The fourth-order valence-corrected chi connectivity index (χ4v) is 4.78. The molecule has 2 aromatic heterocycles. The first kappa shape index (κ1) is 18.3. The molecule has 1 atom stereocenters. The number of nitrogens with zero attached hydrogens (tertiary/aromatic N) is 4. The Morgan fingerprint density at radius 3 is 2.69 bits per heavy atom. The third-order valence-corrected chi connectivity index (χ3v) is 5.96. The Kier molecular flexibility index (Phi) is 4.94. The Balaban J connectivity index is 1.85. The number of hydrogen-bond acceptors (Lipinski definition) is 8. The van der Waals surface area contributed by atoms with E-state index in [1.165, 1.54) is 0 Å². The highest BCUT2D eigenvalue weighted by Gasteiger charge is 2.32. The number of amides is 1. The predicted molar refractivity (Wildman–Crippen MR) is 96.0 cm³/mol. The van der Waals surface area contributed by atoms with Gasteiger partial charge in [-0.15, -0.1) is 0 Å². The van der Waals surface area contributed by atoms with Gasteiger partial charge in [-0.05, 0) is 27.2 Å². The molecule has 0 saturated carbocycles. The number of carbonyl (C=O) groups is 1. The van der Waals surface area contributed by atoms with Crippen LogP contribution in [0.4, 0.5) is 11.6 Å². The SMILES string of the molecule is CCN(c1cc(C(=O)Nc2cc(C)on2)nc(C)n1)C1CCS(=O)(=O)C1. The van der Waals surface area contributed by atoms with Crippen LogP contribution in [0.3, 0.4) is 0 Å². The molecule has 1 aliphatic heterocycles. The molecule has 0 bridgehead atoms. The smallest absolute Gasteiger partial charge is 0.275 e. The van der Waals surface area contributed by atoms with E-state index in [4.69, 9.17) is 4.52 Å². The molecular weight excluding hydrogens is 358 g/mol. The molecule has 0 spiro atoms. The molecule has 0 radical (unpaired) electrons. The first-order chi connectivity index (χ1) is 12.3. The normalized spacial score (nSPS) is 18.7. The van der Waals surface area contributed by atoms with E-state index >= 15 is 0 Å². The van der Waals surface area contributed by atoms with Gasteiger partial charge in [0.1, 0.15) is 23.1 Å². The fourth-order valence-electron chi connectivity index (χ4n) is 3.05. The Morgan fingerprint density at radius 1 is 1.35 bits per heavy atom. The van der Waals surface area contributed by atoms with Crippen LogP contribution in [0.1, 0.15) is 35.4 Å². The molecule has 3 heterocycles. The van der Waals surface area contributed by atoms with Crippen molar-refractivity contribution in [2.24, 2.45) is 0 Å². The highest BCUT2D eigenvalue weighted by atomic mass is 32.2. The Hall–Kier alpha value is -2.49. The van der Waals surface area contributed by atoms with Gasteiger partial charge in [-0.25, -0.2) is 18.4 Å². The van der Waals surface area contributed by atoms with Crippen molar-refractivity contribution in [2.45, 2.75) is 33.2 Å². The third kappa shape index (κ3) is 4.01. The molecule has 1 aliphatic rings. The number of aromatic nitrogens is 3. The minimum absolute atomic E-state index is 0.101. The largest absolute Gasteiger partial charge is 0.360 e. The van der Waals surface area contributed by atoms with Crippen molar-refractivity contribution in [1.82, 2.24) is 15.1 Å². The summed E-state index contributed by atoms with van der Waals surface area (Å²) in [5.74, 6) is 1.71. The van der Waals surface area contributed by atoms with Crippen molar-refractivity contribution < 1.29 is 17.7 Å². The van der Waals surface area contributed by atoms with Crippen LogP contribution in [0.25, 0.3) is 0 Å². The van der Waals surface area contributed by atoms with Crippen molar-refractivity contribution in [1.29, 1.82) is 0 Å². The second kappa shape index (κ2) is 7.02. The molecule has 1 unspecified atom stereocenters. The van der Waals surface area contributed by atoms with E-state index in [2.05, 4.69) is 20.4 Å². The molecule has 3 rings (SSSR count). The van der Waals surface area contributed by atoms with Crippen LogP contribution >= 0.6 is 0 Å². The van der Waals surface area contributed by atoms with E-state index in [9.17, 15) is 13.2 Å². The van der Waals surface area contributed by atoms with Crippen LogP contribution in [0.2, 0.25) is 0 Å². The summed E-state index contributed by atoms with van der Waals surface area (Å²) in [5.41, 5.74) is 0.187.